The van der Waals surface area contributed by atoms with E-state index >= 15 is 0 Å². The van der Waals surface area contributed by atoms with Crippen LogP contribution < -0.4 is 9.64 Å². The van der Waals surface area contributed by atoms with Crippen LogP contribution in [-0.4, -0.2) is 51.9 Å². The van der Waals surface area contributed by atoms with Crippen molar-refractivity contribution in [2.24, 2.45) is 0 Å². The first-order valence-electron chi connectivity index (χ1n) is 14.6. The van der Waals surface area contributed by atoms with Crippen LogP contribution in [0.2, 0.25) is 0 Å². The summed E-state index contributed by atoms with van der Waals surface area (Å²) in [5.74, 6) is 1.70. The number of benzene rings is 3. The molecular formula is C35H45NO4. The minimum Gasteiger partial charge on any atom is -0.488 e. The summed E-state index contributed by atoms with van der Waals surface area (Å²) >= 11 is 0. The van der Waals surface area contributed by atoms with Crippen LogP contribution in [0.25, 0.3) is 0 Å². The van der Waals surface area contributed by atoms with Gasteiger partial charge in [0.2, 0.25) is 0 Å². The third-order valence-electron chi connectivity index (χ3n) is 8.72. The number of aryl methyl sites for hydroxylation is 1. The molecule has 214 valence electrons. The van der Waals surface area contributed by atoms with Crippen LogP contribution in [0.3, 0.4) is 0 Å². The molecule has 0 amide bonds. The SMILES string of the molecule is COC(OC)C1(OC)CCN(c2ccc([C@@H]3c4ccc(OC(C)(C)C)cc4CC[C@@H]3c3ccccc3)cc2)CC1. The highest BCUT2D eigenvalue weighted by atomic mass is 16.7. The molecule has 1 fully saturated rings. The maximum absolute atomic E-state index is 6.22. The standard InChI is InChI=1S/C35H45NO4/c1-34(2,3)40-29-17-19-31-27(24-29)14-18-30(25-10-8-7-9-11-25)32(31)26-12-15-28(16-13-26)36-22-20-35(39-6,21-23-36)33(37-4)38-5/h7-13,15-17,19,24,30,32-33H,14,18,20-23H2,1-6H3/t30-,32+/m1/s1. The van der Waals surface area contributed by atoms with Crippen LogP contribution in [0.15, 0.2) is 72.8 Å². The maximum atomic E-state index is 6.22. The van der Waals surface area contributed by atoms with Crippen LogP contribution in [0.4, 0.5) is 5.69 Å². The van der Waals surface area contributed by atoms with E-state index in [1.54, 1.807) is 21.3 Å². The summed E-state index contributed by atoms with van der Waals surface area (Å²) in [6.45, 7) is 8.10. The Hall–Kier alpha value is -2.86. The Bertz CT molecular complexity index is 1240. The van der Waals surface area contributed by atoms with Gasteiger partial charge in [-0.15, -0.1) is 0 Å². The molecule has 1 heterocycles. The largest absolute Gasteiger partial charge is 0.488 e. The maximum Gasteiger partial charge on any atom is 0.185 e. The molecule has 3 aromatic carbocycles. The second kappa shape index (κ2) is 11.9. The second-order valence-corrected chi connectivity index (χ2v) is 12.3. The minimum atomic E-state index is -0.412. The molecule has 0 spiro atoms. The molecule has 1 aliphatic carbocycles. The second-order valence-electron chi connectivity index (χ2n) is 12.3. The fourth-order valence-corrected chi connectivity index (χ4v) is 6.78. The topological polar surface area (TPSA) is 40.2 Å². The van der Waals surface area contributed by atoms with E-state index < -0.39 is 5.60 Å². The van der Waals surface area contributed by atoms with Gasteiger partial charge >= 0.3 is 0 Å². The monoisotopic (exact) mass is 543 g/mol. The van der Waals surface area contributed by atoms with Crippen LogP contribution in [-0.2, 0) is 20.6 Å². The van der Waals surface area contributed by atoms with Gasteiger partial charge in [-0.3, -0.25) is 0 Å². The van der Waals surface area contributed by atoms with Crippen LogP contribution in [0, 0.1) is 0 Å². The van der Waals surface area contributed by atoms with E-state index in [0.717, 1.165) is 44.5 Å². The molecule has 0 aromatic heterocycles. The normalized spacial score (nSPS) is 20.8. The number of nitrogens with zero attached hydrogens (tertiary/aromatic N) is 1. The first-order chi connectivity index (χ1) is 19.3. The highest BCUT2D eigenvalue weighted by Crippen LogP contribution is 2.47. The van der Waals surface area contributed by atoms with E-state index in [4.69, 9.17) is 18.9 Å². The van der Waals surface area contributed by atoms with Crippen LogP contribution in [0.1, 0.15) is 74.1 Å². The van der Waals surface area contributed by atoms with Crippen molar-refractivity contribution in [3.8, 4) is 5.75 Å². The molecule has 2 aliphatic rings. The number of anilines is 1. The molecule has 3 aromatic rings. The van der Waals surface area contributed by atoms with Crippen molar-refractivity contribution >= 4 is 5.69 Å². The lowest BCUT2D eigenvalue weighted by atomic mass is 9.69. The lowest BCUT2D eigenvalue weighted by Crippen LogP contribution is -2.54. The van der Waals surface area contributed by atoms with Crippen LogP contribution >= 0.6 is 0 Å². The summed E-state index contributed by atoms with van der Waals surface area (Å²) < 4.78 is 23.3. The molecule has 5 nitrogen and oxygen atoms in total. The molecule has 0 N–H and O–H groups in total. The van der Waals surface area contributed by atoms with Crippen LogP contribution in [0.5, 0.6) is 5.75 Å². The van der Waals surface area contributed by atoms with Gasteiger partial charge in [0.05, 0.1) is 0 Å². The van der Waals surface area contributed by atoms with Gasteiger partial charge in [0.1, 0.15) is 17.0 Å². The smallest absolute Gasteiger partial charge is 0.185 e. The van der Waals surface area contributed by atoms with Gasteiger partial charge in [-0.2, -0.15) is 0 Å². The van der Waals surface area contributed by atoms with E-state index in [1.807, 2.05) is 0 Å². The molecule has 0 saturated carbocycles. The molecule has 1 saturated heterocycles. The third-order valence-corrected chi connectivity index (χ3v) is 8.72. The highest BCUT2D eigenvalue weighted by molar-refractivity contribution is 5.53. The van der Waals surface area contributed by atoms with E-state index in [9.17, 15) is 0 Å². The summed E-state index contributed by atoms with van der Waals surface area (Å²) in [4.78, 5) is 2.45. The Morgan fingerprint density at radius 3 is 2.10 bits per heavy atom. The Kier molecular flexibility index (Phi) is 8.55. The quantitative estimate of drug-likeness (QED) is 0.278. The van der Waals surface area contributed by atoms with Crippen molar-refractivity contribution < 1.29 is 18.9 Å². The van der Waals surface area contributed by atoms with Gasteiger partial charge in [-0.05, 0) is 98.9 Å². The lowest BCUT2D eigenvalue weighted by molar-refractivity contribution is -0.232. The zero-order valence-electron chi connectivity index (χ0n) is 25.0. The predicted octanol–water partition coefficient (Wildman–Crippen LogP) is 7.33. The first-order valence-corrected chi connectivity index (χ1v) is 14.6. The Balaban J connectivity index is 1.41. The van der Waals surface area contributed by atoms with Crippen molar-refractivity contribution in [3.05, 3.63) is 95.1 Å². The summed E-state index contributed by atoms with van der Waals surface area (Å²) in [5.41, 5.74) is 6.23. The molecule has 5 heteroatoms. The van der Waals surface area contributed by atoms with Crippen molar-refractivity contribution in [1.29, 1.82) is 0 Å². The molecule has 2 atom stereocenters. The van der Waals surface area contributed by atoms with Crippen molar-refractivity contribution in [2.75, 3.05) is 39.3 Å². The molecular weight excluding hydrogens is 498 g/mol. The van der Waals surface area contributed by atoms with Gasteiger partial charge in [0.15, 0.2) is 6.29 Å². The lowest BCUT2D eigenvalue weighted by Gasteiger charge is -2.44. The number of fused-ring (bicyclic) bond motifs is 1. The summed E-state index contributed by atoms with van der Waals surface area (Å²) in [6, 6.07) is 27.0. The summed E-state index contributed by atoms with van der Waals surface area (Å²) in [6.07, 6.45) is 3.51. The number of piperidine rings is 1. The third kappa shape index (κ3) is 5.93. The first kappa shape index (κ1) is 28.7. The van der Waals surface area contributed by atoms with Crippen molar-refractivity contribution in [1.82, 2.24) is 0 Å². The molecule has 0 radical (unpaired) electrons. The number of methoxy groups -OCH3 is 3. The average Bonchev–Trinajstić information content (AvgIpc) is 2.97. The summed E-state index contributed by atoms with van der Waals surface area (Å²) in [7, 11) is 5.13. The minimum absolute atomic E-state index is 0.212. The van der Waals surface area contributed by atoms with Gasteiger partial charge in [-0.25, -0.2) is 0 Å². The van der Waals surface area contributed by atoms with Gasteiger partial charge in [0, 0.05) is 46.0 Å². The Labute approximate surface area is 240 Å². The zero-order chi connectivity index (χ0) is 28.3. The zero-order valence-corrected chi connectivity index (χ0v) is 25.0. The van der Waals surface area contributed by atoms with Gasteiger partial charge < -0.3 is 23.8 Å². The van der Waals surface area contributed by atoms with Crippen molar-refractivity contribution in [2.45, 2.75) is 75.8 Å². The molecule has 0 unspecified atom stereocenters. The number of ether oxygens (including phenoxy) is 4. The molecule has 5 rings (SSSR count). The number of rotatable bonds is 8. The van der Waals surface area contributed by atoms with E-state index in [0.29, 0.717) is 11.8 Å². The summed E-state index contributed by atoms with van der Waals surface area (Å²) in [5, 5.41) is 0. The molecule has 0 bridgehead atoms. The highest BCUT2D eigenvalue weighted by Gasteiger charge is 2.43. The molecule has 40 heavy (non-hydrogen) atoms. The van der Waals surface area contributed by atoms with Crippen molar-refractivity contribution in [3.63, 3.8) is 0 Å². The van der Waals surface area contributed by atoms with Gasteiger partial charge in [0.25, 0.3) is 0 Å². The molecule has 1 aliphatic heterocycles. The van der Waals surface area contributed by atoms with Gasteiger partial charge in [-0.1, -0.05) is 48.5 Å². The average molecular weight is 544 g/mol. The van der Waals surface area contributed by atoms with E-state index in [-0.39, 0.29) is 11.9 Å². The Morgan fingerprint density at radius 2 is 1.50 bits per heavy atom. The number of hydrogen-bond donors (Lipinski definition) is 0. The fraction of sp³-hybridized carbons (Fsp3) is 0.486. The number of hydrogen-bond acceptors (Lipinski definition) is 5. The van der Waals surface area contributed by atoms with E-state index in [2.05, 4.69) is 98.5 Å². The predicted molar refractivity (Wildman–Crippen MR) is 162 cm³/mol. The fourth-order valence-electron chi connectivity index (χ4n) is 6.78. The Morgan fingerprint density at radius 1 is 0.825 bits per heavy atom. The van der Waals surface area contributed by atoms with E-state index in [1.165, 1.54) is 27.9 Å².